The number of nitrogens with one attached hydrogen (secondary N) is 1. The highest BCUT2D eigenvalue weighted by Gasteiger charge is 2.21. The zero-order valence-corrected chi connectivity index (χ0v) is 13.3. The second-order valence-corrected chi connectivity index (χ2v) is 7.36. The van der Waals surface area contributed by atoms with Crippen molar-refractivity contribution in [2.24, 2.45) is 0 Å². The van der Waals surface area contributed by atoms with Crippen LogP contribution in [-0.4, -0.2) is 63.9 Å². The van der Waals surface area contributed by atoms with Crippen LogP contribution >= 0.6 is 0 Å². The Bertz CT molecular complexity index is 662. The van der Waals surface area contributed by atoms with Crippen LogP contribution in [0.5, 0.6) is 0 Å². The van der Waals surface area contributed by atoms with Crippen molar-refractivity contribution in [1.82, 2.24) is 4.90 Å². The Labute approximate surface area is 129 Å². The predicted molar refractivity (Wildman–Crippen MR) is 81.9 cm³/mol. The van der Waals surface area contributed by atoms with Crippen molar-refractivity contribution >= 4 is 21.2 Å². The highest BCUT2D eigenvalue weighted by molar-refractivity contribution is 7.90. The first-order valence-electron chi connectivity index (χ1n) is 6.80. The number of nitro groups is 1. The van der Waals surface area contributed by atoms with Crippen LogP contribution in [0, 0.1) is 10.1 Å². The van der Waals surface area contributed by atoms with Crippen molar-refractivity contribution in [3.8, 4) is 0 Å². The molecule has 1 aliphatic heterocycles. The lowest BCUT2D eigenvalue weighted by Crippen LogP contribution is -2.43. The zero-order valence-electron chi connectivity index (χ0n) is 12.5. The maximum atomic E-state index is 11.5. The smallest absolute Gasteiger partial charge is 0.293 e. The summed E-state index contributed by atoms with van der Waals surface area (Å²) >= 11 is 0. The van der Waals surface area contributed by atoms with E-state index in [1.807, 2.05) is 7.05 Å². The number of likely N-dealkylation sites (N-methyl/N-ethyl adjacent to an activating group) is 1. The molecular formula is C13H19N3O5S. The van der Waals surface area contributed by atoms with Crippen molar-refractivity contribution in [2.75, 3.05) is 44.9 Å². The summed E-state index contributed by atoms with van der Waals surface area (Å²) in [6.45, 7) is 2.64. The first kappa shape index (κ1) is 16.7. The Morgan fingerprint density at radius 1 is 1.50 bits per heavy atom. The third-order valence-electron chi connectivity index (χ3n) is 3.46. The van der Waals surface area contributed by atoms with Crippen molar-refractivity contribution < 1.29 is 18.1 Å². The van der Waals surface area contributed by atoms with Gasteiger partial charge < -0.3 is 15.0 Å². The number of anilines is 1. The van der Waals surface area contributed by atoms with E-state index in [0.717, 1.165) is 25.4 Å². The molecule has 1 saturated heterocycles. The monoisotopic (exact) mass is 329 g/mol. The number of hydrogen-bond acceptors (Lipinski definition) is 7. The van der Waals surface area contributed by atoms with Crippen LogP contribution in [0.4, 0.5) is 11.4 Å². The second-order valence-electron chi connectivity index (χ2n) is 5.34. The van der Waals surface area contributed by atoms with E-state index in [0.29, 0.717) is 13.2 Å². The van der Waals surface area contributed by atoms with E-state index in [-0.39, 0.29) is 22.4 Å². The van der Waals surface area contributed by atoms with Gasteiger partial charge in [-0.25, -0.2) is 8.42 Å². The number of ether oxygens (including phenoxy) is 1. The first-order chi connectivity index (χ1) is 10.3. The lowest BCUT2D eigenvalue weighted by molar-refractivity contribution is -0.384. The van der Waals surface area contributed by atoms with E-state index in [4.69, 9.17) is 4.74 Å². The number of benzene rings is 1. The lowest BCUT2D eigenvalue weighted by Gasteiger charge is -2.30. The molecule has 1 heterocycles. The third-order valence-corrected chi connectivity index (χ3v) is 4.57. The molecule has 1 aromatic rings. The highest BCUT2D eigenvalue weighted by Crippen LogP contribution is 2.27. The standard InChI is InChI=1S/C13H19N3O5S/c1-15-5-6-21-10(9-15)8-14-12-4-3-11(22(2,19)20)7-13(12)16(17)18/h3-4,7,10,14H,5-6,8-9H2,1-2H3. The summed E-state index contributed by atoms with van der Waals surface area (Å²) in [5.74, 6) is 0. The summed E-state index contributed by atoms with van der Waals surface area (Å²) in [7, 11) is -1.50. The number of hydrogen-bond donors (Lipinski definition) is 1. The molecule has 22 heavy (non-hydrogen) atoms. The summed E-state index contributed by atoms with van der Waals surface area (Å²) in [6, 6.07) is 3.85. The first-order valence-corrected chi connectivity index (χ1v) is 8.69. The van der Waals surface area contributed by atoms with E-state index in [2.05, 4.69) is 10.2 Å². The Hall–Kier alpha value is -1.71. The van der Waals surface area contributed by atoms with Gasteiger partial charge in [0.15, 0.2) is 9.84 Å². The van der Waals surface area contributed by atoms with Crippen molar-refractivity contribution in [2.45, 2.75) is 11.0 Å². The van der Waals surface area contributed by atoms with E-state index in [9.17, 15) is 18.5 Å². The molecule has 0 aliphatic carbocycles. The number of rotatable bonds is 5. The van der Waals surface area contributed by atoms with Gasteiger partial charge in [-0.3, -0.25) is 10.1 Å². The van der Waals surface area contributed by atoms with Gasteiger partial charge in [0.25, 0.3) is 5.69 Å². The Morgan fingerprint density at radius 2 is 2.23 bits per heavy atom. The van der Waals surface area contributed by atoms with Crippen molar-refractivity contribution in [3.05, 3.63) is 28.3 Å². The van der Waals surface area contributed by atoms with E-state index >= 15 is 0 Å². The molecule has 2 rings (SSSR count). The fourth-order valence-electron chi connectivity index (χ4n) is 2.26. The van der Waals surface area contributed by atoms with Gasteiger partial charge in [-0.15, -0.1) is 0 Å². The molecule has 0 bridgehead atoms. The summed E-state index contributed by atoms with van der Waals surface area (Å²) in [6.07, 6.45) is 0.957. The van der Waals surface area contributed by atoms with E-state index in [1.165, 1.54) is 12.1 Å². The van der Waals surface area contributed by atoms with Gasteiger partial charge in [0, 0.05) is 32.0 Å². The summed E-state index contributed by atoms with van der Waals surface area (Å²) in [5, 5.41) is 14.1. The fourth-order valence-corrected chi connectivity index (χ4v) is 2.90. The highest BCUT2D eigenvalue weighted by atomic mass is 32.2. The molecule has 0 radical (unpaired) electrons. The number of nitro benzene ring substituents is 1. The van der Waals surface area contributed by atoms with Crippen molar-refractivity contribution in [3.63, 3.8) is 0 Å². The van der Waals surface area contributed by atoms with Crippen LogP contribution in [-0.2, 0) is 14.6 Å². The topological polar surface area (TPSA) is 102 Å². The van der Waals surface area contributed by atoms with Gasteiger partial charge in [0.1, 0.15) is 5.69 Å². The van der Waals surface area contributed by atoms with Gasteiger partial charge >= 0.3 is 0 Å². The Balaban J connectivity index is 2.15. The third kappa shape index (κ3) is 4.15. The molecule has 1 atom stereocenters. The van der Waals surface area contributed by atoms with Gasteiger partial charge in [-0.05, 0) is 19.2 Å². The van der Waals surface area contributed by atoms with Crippen LogP contribution < -0.4 is 5.32 Å². The Kier molecular flexibility index (Phi) is 4.99. The molecule has 1 N–H and O–H groups in total. The Morgan fingerprint density at radius 3 is 2.82 bits per heavy atom. The predicted octanol–water partition coefficient (Wildman–Crippen LogP) is 0.741. The SMILES string of the molecule is CN1CCOC(CNc2ccc(S(C)(=O)=O)cc2[N+](=O)[O-])C1. The van der Waals surface area contributed by atoms with Gasteiger partial charge in [0.2, 0.25) is 0 Å². The van der Waals surface area contributed by atoms with Crippen LogP contribution in [0.25, 0.3) is 0 Å². The minimum atomic E-state index is -3.48. The molecule has 8 nitrogen and oxygen atoms in total. The molecule has 1 aliphatic rings. The second kappa shape index (κ2) is 6.59. The molecule has 0 aromatic heterocycles. The number of sulfone groups is 1. The zero-order chi connectivity index (χ0) is 16.3. The quantitative estimate of drug-likeness (QED) is 0.628. The van der Waals surface area contributed by atoms with Crippen LogP contribution in [0.1, 0.15) is 0 Å². The van der Waals surface area contributed by atoms with Gasteiger partial charge in [0.05, 0.1) is 22.5 Å². The van der Waals surface area contributed by atoms with Gasteiger partial charge in [-0.2, -0.15) is 0 Å². The average Bonchev–Trinajstić information content (AvgIpc) is 2.44. The molecule has 122 valence electrons. The maximum absolute atomic E-state index is 11.5. The minimum absolute atomic E-state index is 0.0621. The minimum Gasteiger partial charge on any atom is -0.377 e. The normalized spacial score (nSPS) is 19.8. The molecule has 1 unspecified atom stereocenters. The molecule has 1 fully saturated rings. The largest absolute Gasteiger partial charge is 0.377 e. The molecule has 0 saturated carbocycles. The van der Waals surface area contributed by atoms with Crippen LogP contribution in [0.3, 0.4) is 0 Å². The summed E-state index contributed by atoms with van der Waals surface area (Å²) < 4.78 is 28.6. The average molecular weight is 329 g/mol. The van der Waals surface area contributed by atoms with Crippen LogP contribution in [0.2, 0.25) is 0 Å². The van der Waals surface area contributed by atoms with E-state index < -0.39 is 14.8 Å². The molecule has 0 amide bonds. The molecule has 9 heteroatoms. The number of morpholine rings is 1. The van der Waals surface area contributed by atoms with E-state index in [1.54, 1.807) is 0 Å². The van der Waals surface area contributed by atoms with Crippen LogP contribution in [0.15, 0.2) is 23.1 Å². The molecule has 0 spiro atoms. The molecule has 1 aromatic carbocycles. The number of nitrogens with zero attached hydrogens (tertiary/aromatic N) is 2. The fraction of sp³-hybridized carbons (Fsp3) is 0.538. The molecular weight excluding hydrogens is 310 g/mol. The lowest BCUT2D eigenvalue weighted by atomic mass is 10.2. The maximum Gasteiger partial charge on any atom is 0.293 e. The summed E-state index contributed by atoms with van der Waals surface area (Å²) in [4.78, 5) is 12.6. The van der Waals surface area contributed by atoms with Gasteiger partial charge in [-0.1, -0.05) is 0 Å². The van der Waals surface area contributed by atoms with Crippen molar-refractivity contribution in [1.29, 1.82) is 0 Å². The summed E-state index contributed by atoms with van der Waals surface area (Å²) in [5.41, 5.74) is 0.0290.